The summed E-state index contributed by atoms with van der Waals surface area (Å²) in [5.41, 5.74) is -2.23. The molecule has 1 aromatic carbocycles. The second-order valence-electron chi connectivity index (χ2n) is 3.31. The van der Waals surface area contributed by atoms with Crippen LogP contribution in [0.3, 0.4) is 0 Å². The number of alkyl halides is 4. The minimum atomic E-state index is -5.16. The minimum Gasteiger partial charge on any atom is -0.204 e. The summed E-state index contributed by atoms with van der Waals surface area (Å²) in [4.78, 5) is 0. The summed E-state index contributed by atoms with van der Waals surface area (Å²) in [6, 6.07) is -0.495. The van der Waals surface area contributed by atoms with E-state index in [1.54, 1.807) is 0 Å². The van der Waals surface area contributed by atoms with Crippen LogP contribution < -0.4 is 0 Å². The predicted octanol–water partition coefficient (Wildman–Crippen LogP) is 3.99. The topological polar surface area (TPSA) is 0 Å². The Morgan fingerprint density at radius 2 is 1.29 bits per heavy atom. The van der Waals surface area contributed by atoms with Crippen LogP contribution in [-0.4, -0.2) is 5.92 Å². The van der Waals surface area contributed by atoms with Crippen molar-refractivity contribution in [3.05, 3.63) is 34.9 Å². The summed E-state index contributed by atoms with van der Waals surface area (Å²) >= 11 is 0. The lowest BCUT2D eigenvalue weighted by Crippen LogP contribution is -2.36. The van der Waals surface area contributed by atoms with E-state index < -0.39 is 46.7 Å². The lowest BCUT2D eigenvalue weighted by Gasteiger charge is -2.23. The standard InChI is InChI=1S/C9H4F8/c1-8(14,15)9(16,17)3-2-4(10)6(12)7(13)5(3)11/h2H,1H3. The maximum absolute atomic E-state index is 13.0. The molecule has 0 spiro atoms. The molecule has 0 aromatic heterocycles. The highest BCUT2D eigenvalue weighted by Crippen LogP contribution is 2.44. The molecule has 17 heavy (non-hydrogen) atoms. The average Bonchev–Trinajstić information content (AvgIpc) is 2.18. The molecule has 0 heterocycles. The highest BCUT2D eigenvalue weighted by molar-refractivity contribution is 5.27. The van der Waals surface area contributed by atoms with Gasteiger partial charge in [-0.1, -0.05) is 0 Å². The highest BCUT2D eigenvalue weighted by atomic mass is 19.3. The molecule has 0 nitrogen and oxygen atoms in total. The number of rotatable bonds is 2. The third-order valence-electron chi connectivity index (χ3n) is 1.99. The van der Waals surface area contributed by atoms with Gasteiger partial charge < -0.3 is 0 Å². The molecule has 0 bridgehead atoms. The van der Waals surface area contributed by atoms with Crippen molar-refractivity contribution in [3.63, 3.8) is 0 Å². The largest absolute Gasteiger partial charge is 0.338 e. The van der Waals surface area contributed by atoms with Gasteiger partial charge in [0.15, 0.2) is 23.3 Å². The van der Waals surface area contributed by atoms with Crippen molar-refractivity contribution in [1.82, 2.24) is 0 Å². The van der Waals surface area contributed by atoms with Gasteiger partial charge >= 0.3 is 11.8 Å². The van der Waals surface area contributed by atoms with Crippen LogP contribution in [0.5, 0.6) is 0 Å². The normalized spacial score (nSPS) is 13.0. The zero-order valence-corrected chi connectivity index (χ0v) is 8.10. The predicted molar refractivity (Wildman–Crippen MR) is 40.8 cm³/mol. The fourth-order valence-electron chi connectivity index (χ4n) is 1.04. The van der Waals surface area contributed by atoms with E-state index in [1.807, 2.05) is 0 Å². The van der Waals surface area contributed by atoms with E-state index >= 15 is 0 Å². The van der Waals surface area contributed by atoms with E-state index in [0.717, 1.165) is 0 Å². The van der Waals surface area contributed by atoms with Crippen LogP contribution in [0.25, 0.3) is 0 Å². The zero-order chi connectivity index (χ0) is 13.6. The summed E-state index contributed by atoms with van der Waals surface area (Å²) in [5, 5.41) is 0. The van der Waals surface area contributed by atoms with Crippen LogP contribution in [0.1, 0.15) is 12.5 Å². The van der Waals surface area contributed by atoms with E-state index in [1.165, 1.54) is 0 Å². The first-order valence-corrected chi connectivity index (χ1v) is 4.09. The monoisotopic (exact) mass is 264 g/mol. The molecular weight excluding hydrogens is 260 g/mol. The van der Waals surface area contributed by atoms with Crippen molar-refractivity contribution in [2.24, 2.45) is 0 Å². The first kappa shape index (κ1) is 13.7. The fraction of sp³-hybridized carbons (Fsp3) is 0.333. The molecule has 96 valence electrons. The summed E-state index contributed by atoms with van der Waals surface area (Å²) in [6.07, 6.45) is 0. The summed E-state index contributed by atoms with van der Waals surface area (Å²) in [7, 11) is 0. The Morgan fingerprint density at radius 3 is 1.71 bits per heavy atom. The molecule has 1 rings (SSSR count). The summed E-state index contributed by atoms with van der Waals surface area (Å²) < 4.78 is 101. The van der Waals surface area contributed by atoms with Crippen molar-refractivity contribution in [2.45, 2.75) is 18.8 Å². The smallest absolute Gasteiger partial charge is 0.204 e. The third-order valence-corrected chi connectivity index (χ3v) is 1.99. The average molecular weight is 264 g/mol. The first-order chi connectivity index (χ1) is 7.50. The van der Waals surface area contributed by atoms with Gasteiger partial charge in [-0.05, 0) is 6.07 Å². The van der Waals surface area contributed by atoms with Gasteiger partial charge in [0, 0.05) is 6.92 Å². The molecule has 0 unspecified atom stereocenters. The molecule has 0 aliphatic rings. The van der Waals surface area contributed by atoms with Crippen molar-refractivity contribution in [1.29, 1.82) is 0 Å². The van der Waals surface area contributed by atoms with Gasteiger partial charge in [-0.2, -0.15) is 17.6 Å². The zero-order valence-electron chi connectivity index (χ0n) is 8.10. The quantitative estimate of drug-likeness (QED) is 0.430. The fourth-order valence-corrected chi connectivity index (χ4v) is 1.04. The van der Waals surface area contributed by atoms with Gasteiger partial charge in [-0.25, -0.2) is 17.6 Å². The number of hydrogen-bond donors (Lipinski definition) is 0. The second kappa shape index (κ2) is 3.85. The Bertz CT molecular complexity index is 445. The Hall–Kier alpha value is -1.34. The van der Waals surface area contributed by atoms with Crippen LogP contribution in [0.15, 0.2) is 6.07 Å². The Labute approximate surface area is 89.9 Å². The molecule has 0 amide bonds. The molecule has 8 heteroatoms. The van der Waals surface area contributed by atoms with E-state index in [4.69, 9.17) is 0 Å². The minimum absolute atomic E-state index is 0.258. The van der Waals surface area contributed by atoms with Gasteiger partial charge in [0.25, 0.3) is 0 Å². The molecule has 1 aromatic rings. The number of benzene rings is 1. The van der Waals surface area contributed by atoms with Crippen molar-refractivity contribution in [3.8, 4) is 0 Å². The molecule has 0 aliphatic carbocycles. The second-order valence-corrected chi connectivity index (χ2v) is 3.31. The summed E-state index contributed by atoms with van der Waals surface area (Å²) in [6.45, 7) is -0.258. The molecule has 0 saturated carbocycles. The van der Waals surface area contributed by atoms with Gasteiger partial charge in [0.05, 0.1) is 5.56 Å². The van der Waals surface area contributed by atoms with Crippen LogP contribution in [0, 0.1) is 23.3 Å². The molecule has 0 radical (unpaired) electrons. The van der Waals surface area contributed by atoms with Crippen molar-refractivity contribution >= 4 is 0 Å². The van der Waals surface area contributed by atoms with Gasteiger partial charge in [-0.3, -0.25) is 0 Å². The van der Waals surface area contributed by atoms with Crippen LogP contribution in [-0.2, 0) is 5.92 Å². The van der Waals surface area contributed by atoms with E-state index in [0.29, 0.717) is 0 Å². The molecule has 0 atom stereocenters. The van der Waals surface area contributed by atoms with Gasteiger partial charge in [0.2, 0.25) is 0 Å². The lowest BCUT2D eigenvalue weighted by molar-refractivity contribution is -0.206. The Kier molecular flexibility index (Phi) is 3.11. The highest BCUT2D eigenvalue weighted by Gasteiger charge is 2.55. The summed E-state index contributed by atoms with van der Waals surface area (Å²) in [5.74, 6) is -19.6. The SMILES string of the molecule is CC(F)(F)C(F)(F)c1cc(F)c(F)c(F)c1F. The van der Waals surface area contributed by atoms with Crippen LogP contribution in [0.2, 0.25) is 0 Å². The molecule has 0 saturated heterocycles. The molecule has 0 fully saturated rings. The van der Waals surface area contributed by atoms with Crippen molar-refractivity contribution < 1.29 is 35.1 Å². The number of halogens is 8. The van der Waals surface area contributed by atoms with E-state index in [9.17, 15) is 35.1 Å². The van der Waals surface area contributed by atoms with Crippen LogP contribution in [0.4, 0.5) is 35.1 Å². The maximum Gasteiger partial charge on any atom is 0.338 e. The third kappa shape index (κ3) is 2.07. The first-order valence-electron chi connectivity index (χ1n) is 4.09. The van der Waals surface area contributed by atoms with Crippen molar-refractivity contribution in [2.75, 3.05) is 0 Å². The van der Waals surface area contributed by atoms with Crippen LogP contribution >= 0.6 is 0 Å². The van der Waals surface area contributed by atoms with Gasteiger partial charge in [0.1, 0.15) is 0 Å². The van der Waals surface area contributed by atoms with E-state index in [-0.39, 0.29) is 6.92 Å². The Balaban J connectivity index is 3.54. The maximum atomic E-state index is 13.0. The number of hydrogen-bond acceptors (Lipinski definition) is 0. The lowest BCUT2D eigenvalue weighted by atomic mass is 10.0. The van der Waals surface area contributed by atoms with Gasteiger partial charge in [-0.15, -0.1) is 0 Å². The molecular formula is C9H4F8. The Morgan fingerprint density at radius 1 is 0.824 bits per heavy atom. The van der Waals surface area contributed by atoms with E-state index in [2.05, 4.69) is 0 Å². The molecule has 0 N–H and O–H groups in total. The molecule has 0 aliphatic heterocycles.